The molecule has 21 heavy (non-hydrogen) atoms. The van der Waals surface area contributed by atoms with Crippen molar-refractivity contribution in [1.82, 2.24) is 5.32 Å². The van der Waals surface area contributed by atoms with Gasteiger partial charge in [-0.1, -0.05) is 25.0 Å². The number of carbonyl (C=O) groups is 2. The third kappa shape index (κ3) is 4.56. The molecule has 1 aliphatic rings. The highest BCUT2D eigenvalue weighted by atomic mass is 16.3. The molecular weight excluding hydrogens is 268 g/mol. The quantitative estimate of drug-likeness (QED) is 0.740. The molecule has 0 aromatic heterocycles. The number of benzene rings is 1. The van der Waals surface area contributed by atoms with Gasteiger partial charge in [-0.2, -0.15) is 0 Å². The summed E-state index contributed by atoms with van der Waals surface area (Å²) >= 11 is 0. The molecule has 2 rings (SSSR count). The van der Waals surface area contributed by atoms with Crippen LogP contribution in [-0.4, -0.2) is 29.6 Å². The Hall–Kier alpha value is -1.88. The fourth-order valence-electron chi connectivity index (χ4n) is 2.64. The first-order valence-corrected chi connectivity index (χ1v) is 7.40. The van der Waals surface area contributed by atoms with Crippen molar-refractivity contribution in [3.05, 3.63) is 29.8 Å². The molecule has 1 aliphatic carbocycles. The van der Waals surface area contributed by atoms with E-state index in [1.165, 1.54) is 0 Å². The number of nitrogens with one attached hydrogen (secondary N) is 2. The van der Waals surface area contributed by atoms with E-state index in [0.717, 1.165) is 31.2 Å². The molecule has 3 N–H and O–H groups in total. The van der Waals surface area contributed by atoms with Gasteiger partial charge in [0.2, 0.25) is 0 Å². The zero-order valence-corrected chi connectivity index (χ0v) is 12.3. The lowest BCUT2D eigenvalue weighted by atomic mass is 9.86. The minimum absolute atomic E-state index is 0.0504. The molecule has 2 atom stereocenters. The van der Waals surface area contributed by atoms with Gasteiger partial charge in [-0.3, -0.25) is 9.59 Å². The second kappa shape index (κ2) is 7.22. The fourth-order valence-corrected chi connectivity index (χ4v) is 2.64. The summed E-state index contributed by atoms with van der Waals surface area (Å²) in [5.41, 5.74) is 1.62. The third-order valence-corrected chi connectivity index (χ3v) is 3.88. The lowest BCUT2D eigenvalue weighted by Crippen LogP contribution is -2.41. The molecule has 0 heterocycles. The zero-order valence-electron chi connectivity index (χ0n) is 12.3. The Kier molecular flexibility index (Phi) is 5.33. The highest BCUT2D eigenvalue weighted by Crippen LogP contribution is 2.23. The predicted octanol–water partition coefficient (Wildman–Crippen LogP) is 1.60. The molecule has 5 heteroatoms. The first kappa shape index (κ1) is 15.5. The van der Waals surface area contributed by atoms with Crippen molar-refractivity contribution < 1.29 is 14.7 Å². The van der Waals surface area contributed by atoms with E-state index in [4.69, 9.17) is 0 Å². The maximum atomic E-state index is 11.8. The highest BCUT2D eigenvalue weighted by molar-refractivity contribution is 6.39. The van der Waals surface area contributed by atoms with Gasteiger partial charge in [-0.15, -0.1) is 0 Å². The van der Waals surface area contributed by atoms with E-state index in [0.29, 0.717) is 12.2 Å². The number of aliphatic hydroxyl groups is 1. The van der Waals surface area contributed by atoms with Crippen molar-refractivity contribution >= 4 is 17.5 Å². The summed E-state index contributed by atoms with van der Waals surface area (Å²) in [4.78, 5) is 23.6. The molecule has 0 aliphatic heterocycles. The van der Waals surface area contributed by atoms with Gasteiger partial charge in [0, 0.05) is 18.2 Å². The second-order valence-electron chi connectivity index (χ2n) is 5.65. The molecule has 1 saturated carbocycles. The van der Waals surface area contributed by atoms with Crippen molar-refractivity contribution in [2.75, 3.05) is 11.9 Å². The number of aryl methyl sites for hydroxylation is 1. The SMILES string of the molecule is Cc1cccc(NC(=O)C(=O)NCC2CCCCC2O)c1. The summed E-state index contributed by atoms with van der Waals surface area (Å²) in [6, 6.07) is 7.28. The van der Waals surface area contributed by atoms with Gasteiger partial charge in [0.05, 0.1) is 6.10 Å². The van der Waals surface area contributed by atoms with Crippen molar-refractivity contribution in [3.8, 4) is 0 Å². The van der Waals surface area contributed by atoms with Gasteiger partial charge >= 0.3 is 11.8 Å². The molecule has 5 nitrogen and oxygen atoms in total. The number of hydrogen-bond donors (Lipinski definition) is 3. The normalized spacial score (nSPS) is 21.6. The van der Waals surface area contributed by atoms with Crippen LogP contribution < -0.4 is 10.6 Å². The van der Waals surface area contributed by atoms with E-state index in [-0.39, 0.29) is 12.0 Å². The molecule has 1 fully saturated rings. The van der Waals surface area contributed by atoms with E-state index in [9.17, 15) is 14.7 Å². The Balaban J connectivity index is 1.81. The van der Waals surface area contributed by atoms with Gasteiger partial charge < -0.3 is 15.7 Å². The zero-order chi connectivity index (χ0) is 15.2. The second-order valence-corrected chi connectivity index (χ2v) is 5.65. The van der Waals surface area contributed by atoms with E-state index < -0.39 is 11.8 Å². The highest BCUT2D eigenvalue weighted by Gasteiger charge is 2.24. The van der Waals surface area contributed by atoms with Crippen molar-refractivity contribution in [1.29, 1.82) is 0 Å². The molecule has 0 spiro atoms. The molecule has 1 aromatic rings. The van der Waals surface area contributed by atoms with Crippen LogP contribution >= 0.6 is 0 Å². The Morgan fingerprint density at radius 3 is 2.71 bits per heavy atom. The molecule has 2 amide bonds. The number of rotatable bonds is 3. The molecule has 1 aromatic carbocycles. The topological polar surface area (TPSA) is 78.4 Å². The monoisotopic (exact) mass is 290 g/mol. The smallest absolute Gasteiger partial charge is 0.313 e. The molecule has 2 unspecified atom stereocenters. The summed E-state index contributed by atoms with van der Waals surface area (Å²) in [6.45, 7) is 2.27. The lowest BCUT2D eigenvalue weighted by molar-refractivity contribution is -0.136. The molecule has 114 valence electrons. The summed E-state index contributed by atoms with van der Waals surface area (Å²) in [6.07, 6.45) is 3.38. The van der Waals surface area contributed by atoms with Gasteiger partial charge in [-0.05, 0) is 37.5 Å². The average molecular weight is 290 g/mol. The van der Waals surface area contributed by atoms with Crippen LogP contribution in [0.1, 0.15) is 31.2 Å². The number of amides is 2. The number of hydrogen-bond acceptors (Lipinski definition) is 3. The van der Waals surface area contributed by atoms with Crippen LogP contribution in [0.3, 0.4) is 0 Å². The van der Waals surface area contributed by atoms with Crippen molar-refractivity contribution in [3.63, 3.8) is 0 Å². The summed E-state index contributed by atoms with van der Waals surface area (Å²) in [7, 11) is 0. The van der Waals surface area contributed by atoms with Crippen LogP contribution in [0.15, 0.2) is 24.3 Å². The van der Waals surface area contributed by atoms with Gasteiger partial charge in [-0.25, -0.2) is 0 Å². The Morgan fingerprint density at radius 1 is 1.24 bits per heavy atom. The number of anilines is 1. The van der Waals surface area contributed by atoms with Crippen LogP contribution in [-0.2, 0) is 9.59 Å². The van der Waals surface area contributed by atoms with E-state index >= 15 is 0 Å². The predicted molar refractivity (Wildman–Crippen MR) is 80.8 cm³/mol. The van der Waals surface area contributed by atoms with E-state index in [1.54, 1.807) is 12.1 Å². The minimum atomic E-state index is -0.675. The van der Waals surface area contributed by atoms with Crippen molar-refractivity contribution in [2.45, 2.75) is 38.7 Å². The Bertz CT molecular complexity index is 516. The van der Waals surface area contributed by atoms with Crippen LogP contribution in [0.2, 0.25) is 0 Å². The maximum Gasteiger partial charge on any atom is 0.313 e. The maximum absolute atomic E-state index is 11.8. The average Bonchev–Trinajstić information content (AvgIpc) is 2.46. The van der Waals surface area contributed by atoms with E-state index in [1.807, 2.05) is 19.1 Å². The van der Waals surface area contributed by atoms with Crippen LogP contribution in [0.5, 0.6) is 0 Å². The summed E-state index contributed by atoms with van der Waals surface area (Å²) in [5, 5.41) is 15.0. The fraction of sp³-hybridized carbons (Fsp3) is 0.500. The Labute approximate surface area is 124 Å². The van der Waals surface area contributed by atoms with Gasteiger partial charge in [0.1, 0.15) is 0 Å². The Morgan fingerprint density at radius 2 is 2.00 bits per heavy atom. The van der Waals surface area contributed by atoms with Crippen molar-refractivity contribution in [2.24, 2.45) is 5.92 Å². The first-order chi connectivity index (χ1) is 10.1. The third-order valence-electron chi connectivity index (χ3n) is 3.88. The lowest BCUT2D eigenvalue weighted by Gasteiger charge is -2.27. The summed E-state index contributed by atoms with van der Waals surface area (Å²) < 4.78 is 0. The molecular formula is C16H22N2O3. The van der Waals surface area contributed by atoms with Crippen LogP contribution in [0, 0.1) is 12.8 Å². The number of aliphatic hydroxyl groups excluding tert-OH is 1. The van der Waals surface area contributed by atoms with Gasteiger partial charge in [0.15, 0.2) is 0 Å². The standard InChI is InChI=1S/C16H22N2O3/c1-11-5-4-7-13(9-11)18-16(21)15(20)17-10-12-6-2-3-8-14(12)19/h4-5,7,9,12,14,19H,2-3,6,8,10H2,1H3,(H,17,20)(H,18,21). The molecule has 0 bridgehead atoms. The summed E-state index contributed by atoms with van der Waals surface area (Å²) in [5.74, 6) is -1.28. The van der Waals surface area contributed by atoms with Crippen LogP contribution in [0.4, 0.5) is 5.69 Å². The molecule has 0 saturated heterocycles. The van der Waals surface area contributed by atoms with E-state index in [2.05, 4.69) is 10.6 Å². The van der Waals surface area contributed by atoms with Gasteiger partial charge in [0.25, 0.3) is 0 Å². The molecule has 0 radical (unpaired) electrons. The number of carbonyl (C=O) groups excluding carboxylic acids is 2. The largest absolute Gasteiger partial charge is 0.393 e. The first-order valence-electron chi connectivity index (χ1n) is 7.40. The minimum Gasteiger partial charge on any atom is -0.393 e. The van der Waals surface area contributed by atoms with Crippen LogP contribution in [0.25, 0.3) is 0 Å².